The molecular formula is C14H25NO3. The molecule has 18 heavy (non-hydrogen) atoms. The molecule has 0 spiro atoms. The van der Waals surface area contributed by atoms with E-state index >= 15 is 0 Å². The minimum Gasteiger partial charge on any atom is -0.481 e. The number of rotatable bonds is 6. The molecule has 0 heterocycles. The molecule has 1 amide bonds. The molecule has 0 aromatic carbocycles. The van der Waals surface area contributed by atoms with E-state index in [1.54, 1.807) is 0 Å². The number of nitrogens with one attached hydrogen (secondary N) is 1. The number of carbonyl (C=O) groups excluding carboxylic acids is 1. The largest absolute Gasteiger partial charge is 0.481 e. The first-order valence-electron chi connectivity index (χ1n) is 7.03. The predicted molar refractivity (Wildman–Crippen MR) is 70.2 cm³/mol. The number of carboxylic acids is 1. The monoisotopic (exact) mass is 255 g/mol. The van der Waals surface area contributed by atoms with Gasteiger partial charge in [0.1, 0.15) is 0 Å². The van der Waals surface area contributed by atoms with Crippen molar-refractivity contribution in [3.63, 3.8) is 0 Å². The Bertz CT molecular complexity index is 283. The first-order valence-corrected chi connectivity index (χ1v) is 7.03. The normalized spacial score (nSPS) is 18.6. The van der Waals surface area contributed by atoms with Crippen LogP contribution < -0.4 is 5.32 Å². The summed E-state index contributed by atoms with van der Waals surface area (Å²) in [6.45, 7) is 3.82. The second-order valence-corrected chi connectivity index (χ2v) is 5.60. The van der Waals surface area contributed by atoms with Gasteiger partial charge in [0.25, 0.3) is 0 Å². The van der Waals surface area contributed by atoms with Gasteiger partial charge in [-0.15, -0.1) is 0 Å². The Morgan fingerprint density at radius 3 is 2.33 bits per heavy atom. The van der Waals surface area contributed by atoms with E-state index in [9.17, 15) is 14.7 Å². The van der Waals surface area contributed by atoms with Crippen molar-refractivity contribution in [1.82, 2.24) is 5.32 Å². The number of carboxylic acid groups (broad SMARTS) is 1. The van der Waals surface area contributed by atoms with Gasteiger partial charge < -0.3 is 10.4 Å². The molecule has 0 radical (unpaired) electrons. The molecule has 104 valence electrons. The molecule has 4 nitrogen and oxygen atoms in total. The minimum atomic E-state index is -0.737. The summed E-state index contributed by atoms with van der Waals surface area (Å²) >= 11 is 0. The molecule has 2 N–H and O–H groups in total. The van der Waals surface area contributed by atoms with Gasteiger partial charge in [0.15, 0.2) is 0 Å². The van der Waals surface area contributed by atoms with Gasteiger partial charge in [0.05, 0.1) is 5.92 Å². The predicted octanol–water partition coefficient (Wildman–Crippen LogP) is 2.57. The van der Waals surface area contributed by atoms with Gasteiger partial charge in [-0.1, -0.05) is 19.3 Å². The number of amides is 1. The zero-order valence-corrected chi connectivity index (χ0v) is 11.4. The van der Waals surface area contributed by atoms with E-state index in [4.69, 9.17) is 0 Å². The van der Waals surface area contributed by atoms with Crippen molar-refractivity contribution in [3.8, 4) is 0 Å². The highest BCUT2D eigenvalue weighted by molar-refractivity contribution is 5.77. The van der Waals surface area contributed by atoms with Crippen molar-refractivity contribution in [2.75, 3.05) is 0 Å². The first-order chi connectivity index (χ1) is 8.50. The summed E-state index contributed by atoms with van der Waals surface area (Å²) in [4.78, 5) is 22.9. The minimum absolute atomic E-state index is 0.0351. The van der Waals surface area contributed by atoms with Gasteiger partial charge >= 0.3 is 5.97 Å². The zero-order valence-electron chi connectivity index (χ0n) is 11.4. The van der Waals surface area contributed by atoms with E-state index in [1.807, 2.05) is 13.8 Å². The molecule has 1 aliphatic carbocycles. The van der Waals surface area contributed by atoms with E-state index in [1.165, 1.54) is 6.42 Å². The van der Waals surface area contributed by atoms with Crippen molar-refractivity contribution in [2.24, 2.45) is 11.8 Å². The molecule has 0 aliphatic heterocycles. The number of carbonyl (C=O) groups is 2. The van der Waals surface area contributed by atoms with Crippen molar-refractivity contribution in [1.29, 1.82) is 0 Å². The van der Waals surface area contributed by atoms with Crippen LogP contribution in [-0.2, 0) is 9.59 Å². The van der Waals surface area contributed by atoms with Crippen LogP contribution in [0.1, 0.15) is 58.8 Å². The Morgan fingerprint density at radius 1 is 1.22 bits per heavy atom. The highest BCUT2D eigenvalue weighted by Gasteiger charge is 2.29. The first kappa shape index (κ1) is 15.0. The molecular weight excluding hydrogens is 230 g/mol. The lowest BCUT2D eigenvalue weighted by Crippen LogP contribution is -2.32. The fourth-order valence-electron chi connectivity index (χ4n) is 2.78. The topological polar surface area (TPSA) is 66.4 Å². The average molecular weight is 255 g/mol. The number of hydrogen-bond acceptors (Lipinski definition) is 2. The van der Waals surface area contributed by atoms with Crippen molar-refractivity contribution >= 4 is 11.9 Å². The lowest BCUT2D eigenvalue weighted by Gasteiger charge is -2.27. The van der Waals surface area contributed by atoms with Crippen LogP contribution in [0.4, 0.5) is 0 Å². The average Bonchev–Trinajstić information content (AvgIpc) is 2.29. The van der Waals surface area contributed by atoms with Gasteiger partial charge in [0, 0.05) is 12.5 Å². The van der Waals surface area contributed by atoms with Crippen LogP contribution >= 0.6 is 0 Å². The maximum absolute atomic E-state index is 11.6. The van der Waals surface area contributed by atoms with Crippen LogP contribution in [-0.4, -0.2) is 23.0 Å². The third-order valence-corrected chi connectivity index (χ3v) is 3.67. The Balaban J connectivity index is 2.42. The lowest BCUT2D eigenvalue weighted by atomic mass is 9.78. The molecule has 0 aromatic rings. The quantitative estimate of drug-likeness (QED) is 0.766. The SMILES string of the molecule is CC(C)NC(=O)CCC(C(=O)O)C1CCCCC1. The zero-order chi connectivity index (χ0) is 13.5. The Kier molecular flexibility index (Phi) is 6.16. The number of hydrogen-bond donors (Lipinski definition) is 2. The molecule has 1 unspecified atom stereocenters. The molecule has 4 heteroatoms. The molecule has 1 fully saturated rings. The lowest BCUT2D eigenvalue weighted by molar-refractivity contribution is -0.144. The number of aliphatic carboxylic acids is 1. The maximum Gasteiger partial charge on any atom is 0.306 e. The molecule has 0 aromatic heterocycles. The Labute approximate surface area is 109 Å². The summed E-state index contributed by atoms with van der Waals surface area (Å²) in [5, 5.41) is 12.1. The molecule has 1 aliphatic rings. The van der Waals surface area contributed by atoms with Crippen LogP contribution in [0.5, 0.6) is 0 Å². The van der Waals surface area contributed by atoms with Crippen molar-refractivity contribution in [3.05, 3.63) is 0 Å². The highest BCUT2D eigenvalue weighted by Crippen LogP contribution is 2.32. The van der Waals surface area contributed by atoms with E-state index in [0.717, 1.165) is 25.7 Å². The molecule has 1 rings (SSSR count). The maximum atomic E-state index is 11.6. The van der Waals surface area contributed by atoms with Gasteiger partial charge in [-0.25, -0.2) is 0 Å². The summed E-state index contributed by atoms with van der Waals surface area (Å²) in [6, 6.07) is 0.121. The summed E-state index contributed by atoms with van der Waals surface area (Å²) in [6.07, 6.45) is 6.28. The van der Waals surface area contributed by atoms with Crippen LogP contribution in [0.3, 0.4) is 0 Å². The van der Waals surface area contributed by atoms with Gasteiger partial charge in [-0.05, 0) is 39.0 Å². The standard InChI is InChI=1S/C14H25NO3/c1-10(2)15-13(16)9-8-12(14(17)18)11-6-4-3-5-7-11/h10-12H,3-9H2,1-2H3,(H,15,16)(H,17,18). The molecule has 0 saturated heterocycles. The fraction of sp³-hybridized carbons (Fsp3) is 0.857. The second kappa shape index (κ2) is 7.39. The van der Waals surface area contributed by atoms with E-state index in [2.05, 4.69) is 5.32 Å². The van der Waals surface area contributed by atoms with Crippen LogP contribution in [0.2, 0.25) is 0 Å². The van der Waals surface area contributed by atoms with Crippen LogP contribution in [0.25, 0.3) is 0 Å². The molecule has 1 atom stereocenters. The molecule has 0 bridgehead atoms. The van der Waals surface area contributed by atoms with Gasteiger partial charge in [-0.3, -0.25) is 9.59 Å². The fourth-order valence-corrected chi connectivity index (χ4v) is 2.78. The molecule has 1 saturated carbocycles. The Hall–Kier alpha value is -1.06. The van der Waals surface area contributed by atoms with E-state index in [0.29, 0.717) is 12.8 Å². The summed E-state index contributed by atoms with van der Waals surface area (Å²) in [5.74, 6) is -0.849. The van der Waals surface area contributed by atoms with Gasteiger partial charge in [0.2, 0.25) is 5.91 Å². The summed E-state index contributed by atoms with van der Waals surface area (Å²) in [7, 11) is 0. The van der Waals surface area contributed by atoms with E-state index in [-0.39, 0.29) is 23.8 Å². The van der Waals surface area contributed by atoms with Crippen molar-refractivity contribution in [2.45, 2.75) is 64.8 Å². The van der Waals surface area contributed by atoms with Crippen LogP contribution in [0.15, 0.2) is 0 Å². The smallest absolute Gasteiger partial charge is 0.306 e. The third-order valence-electron chi connectivity index (χ3n) is 3.67. The van der Waals surface area contributed by atoms with Crippen LogP contribution in [0, 0.1) is 11.8 Å². The summed E-state index contributed by atoms with van der Waals surface area (Å²) in [5.41, 5.74) is 0. The second-order valence-electron chi connectivity index (χ2n) is 5.60. The van der Waals surface area contributed by atoms with Crippen molar-refractivity contribution < 1.29 is 14.7 Å². The van der Waals surface area contributed by atoms with Gasteiger partial charge in [-0.2, -0.15) is 0 Å². The Morgan fingerprint density at radius 2 is 1.83 bits per heavy atom. The summed E-state index contributed by atoms with van der Waals surface area (Å²) < 4.78 is 0. The third kappa shape index (κ3) is 5.07. The van der Waals surface area contributed by atoms with E-state index < -0.39 is 5.97 Å². The highest BCUT2D eigenvalue weighted by atomic mass is 16.4.